The fraction of sp³-hybridized carbons (Fsp3) is 0. The van der Waals surface area contributed by atoms with Crippen LogP contribution in [0.3, 0.4) is 0 Å². The number of furan rings is 2. The quantitative estimate of drug-likeness (QED) is 0.159. The largest absolute Gasteiger partial charge is 0.455 e. The minimum atomic E-state index is 0.540. The summed E-state index contributed by atoms with van der Waals surface area (Å²) in [5.74, 6) is 1.72. The molecule has 0 atom stereocenters. The minimum absolute atomic E-state index is 0.540. The zero-order chi connectivity index (χ0) is 45.4. The molecule has 14 rings (SSSR count). The third-order valence-corrected chi connectivity index (χ3v) is 13.5. The summed E-state index contributed by atoms with van der Waals surface area (Å²) < 4.78 is 16.2. The molecule has 14 aromatic rings. The molecule has 0 aliphatic heterocycles. The first-order valence-corrected chi connectivity index (χ1v) is 23.2. The fourth-order valence-corrected chi connectivity index (χ4v) is 10.2. The second kappa shape index (κ2) is 15.6. The van der Waals surface area contributed by atoms with Crippen LogP contribution in [0.1, 0.15) is 0 Å². The second-order valence-electron chi connectivity index (χ2n) is 17.5. The molecule has 6 heteroatoms. The lowest BCUT2D eigenvalue weighted by Gasteiger charge is -2.09. The average molecular weight is 883 g/mol. The van der Waals surface area contributed by atoms with Gasteiger partial charge in [-0.25, -0.2) is 15.0 Å². The number of fused-ring (bicyclic) bond motifs is 9. The topological polar surface area (TPSA) is 69.9 Å². The van der Waals surface area contributed by atoms with Gasteiger partial charge < -0.3 is 13.4 Å². The summed E-state index contributed by atoms with van der Waals surface area (Å²) in [6.45, 7) is 0. The predicted octanol–water partition coefficient (Wildman–Crippen LogP) is 16.8. The van der Waals surface area contributed by atoms with Crippen molar-refractivity contribution in [2.75, 3.05) is 0 Å². The van der Waals surface area contributed by atoms with Gasteiger partial charge in [-0.3, -0.25) is 0 Å². The predicted molar refractivity (Wildman–Crippen MR) is 281 cm³/mol. The summed E-state index contributed by atoms with van der Waals surface area (Å²) in [6.07, 6.45) is 0. The van der Waals surface area contributed by atoms with Crippen LogP contribution in [0.5, 0.6) is 0 Å². The number of rotatable bonds is 7. The first-order valence-electron chi connectivity index (χ1n) is 23.2. The van der Waals surface area contributed by atoms with Gasteiger partial charge in [0.05, 0.1) is 22.3 Å². The molecule has 0 aliphatic rings. The maximum Gasteiger partial charge on any atom is 0.167 e. The van der Waals surface area contributed by atoms with Gasteiger partial charge in [0.15, 0.2) is 23.1 Å². The normalized spacial score (nSPS) is 11.8. The van der Waals surface area contributed by atoms with Gasteiger partial charge in [0.1, 0.15) is 16.7 Å². The van der Waals surface area contributed by atoms with E-state index < -0.39 is 0 Å². The van der Waals surface area contributed by atoms with Crippen LogP contribution in [0.4, 0.5) is 0 Å². The first-order chi connectivity index (χ1) is 34.2. The van der Waals surface area contributed by atoms with Crippen LogP contribution in [0.15, 0.2) is 239 Å². The summed E-state index contributed by atoms with van der Waals surface area (Å²) in [4.78, 5) is 15.2. The van der Waals surface area contributed by atoms with E-state index in [1.807, 2.05) is 42.5 Å². The maximum absolute atomic E-state index is 7.10. The summed E-state index contributed by atoms with van der Waals surface area (Å²) in [5, 5.41) is 6.49. The van der Waals surface area contributed by atoms with Gasteiger partial charge in [0.2, 0.25) is 0 Å². The highest BCUT2D eigenvalue weighted by Crippen LogP contribution is 2.43. The van der Waals surface area contributed by atoms with Crippen molar-refractivity contribution in [1.82, 2.24) is 19.5 Å². The SMILES string of the molecule is c1ccc(-c2ccc(-c3nc(-c4ccccc4)nc(-c4cccc5c4oc4ccc(-c6cccc7c6oc6c(-n8c9ccccc9c9cc(-c%10ccccc%10)ccc98)cccc67)cc45)n3)cc2)cc1. The van der Waals surface area contributed by atoms with E-state index in [1.165, 1.54) is 21.9 Å². The number of aromatic nitrogens is 4. The highest BCUT2D eigenvalue weighted by Gasteiger charge is 2.22. The van der Waals surface area contributed by atoms with Gasteiger partial charge in [-0.15, -0.1) is 0 Å². The van der Waals surface area contributed by atoms with Crippen LogP contribution in [0.25, 0.3) is 139 Å². The molecule has 0 amide bonds. The van der Waals surface area contributed by atoms with Crippen molar-refractivity contribution in [3.63, 3.8) is 0 Å². The molecule has 0 fully saturated rings. The Morgan fingerprint density at radius 2 is 0.754 bits per heavy atom. The van der Waals surface area contributed by atoms with Crippen LogP contribution in [0, 0.1) is 0 Å². The average Bonchev–Trinajstić information content (AvgIpc) is 4.11. The molecule has 10 aromatic carbocycles. The van der Waals surface area contributed by atoms with E-state index >= 15 is 0 Å². The van der Waals surface area contributed by atoms with E-state index in [1.54, 1.807) is 0 Å². The van der Waals surface area contributed by atoms with Gasteiger partial charge in [-0.05, 0) is 70.3 Å². The van der Waals surface area contributed by atoms with Crippen LogP contribution in [0.2, 0.25) is 0 Å². The number of hydrogen-bond acceptors (Lipinski definition) is 5. The molecule has 0 N–H and O–H groups in total. The fourth-order valence-electron chi connectivity index (χ4n) is 10.2. The van der Waals surface area contributed by atoms with Crippen molar-refractivity contribution >= 4 is 65.7 Å². The van der Waals surface area contributed by atoms with Gasteiger partial charge in [0, 0.05) is 49.0 Å². The third-order valence-electron chi connectivity index (χ3n) is 13.5. The molecule has 4 heterocycles. The zero-order valence-electron chi connectivity index (χ0n) is 37.0. The van der Waals surface area contributed by atoms with Gasteiger partial charge >= 0.3 is 0 Å². The smallest absolute Gasteiger partial charge is 0.167 e. The molecule has 0 aliphatic carbocycles. The third kappa shape index (κ3) is 6.38. The van der Waals surface area contributed by atoms with E-state index in [9.17, 15) is 0 Å². The monoisotopic (exact) mass is 882 g/mol. The molecule has 0 radical (unpaired) electrons. The highest BCUT2D eigenvalue weighted by atomic mass is 16.3. The minimum Gasteiger partial charge on any atom is -0.455 e. The van der Waals surface area contributed by atoms with Crippen LogP contribution in [-0.2, 0) is 0 Å². The molecule has 69 heavy (non-hydrogen) atoms. The number of benzene rings is 10. The molecule has 0 saturated carbocycles. The molecule has 0 bridgehead atoms. The van der Waals surface area contributed by atoms with E-state index in [0.29, 0.717) is 23.1 Å². The van der Waals surface area contributed by atoms with E-state index in [0.717, 1.165) is 94.0 Å². The van der Waals surface area contributed by atoms with Crippen LogP contribution < -0.4 is 0 Å². The molecular weight excluding hydrogens is 845 g/mol. The van der Waals surface area contributed by atoms with Crippen molar-refractivity contribution < 1.29 is 8.83 Å². The molecule has 4 aromatic heterocycles. The Balaban J connectivity index is 0.889. The number of nitrogens with zero attached hydrogens (tertiary/aromatic N) is 4. The van der Waals surface area contributed by atoms with Crippen molar-refractivity contribution in [2.24, 2.45) is 0 Å². The van der Waals surface area contributed by atoms with Crippen LogP contribution >= 0.6 is 0 Å². The van der Waals surface area contributed by atoms with Gasteiger partial charge in [0.25, 0.3) is 0 Å². The standard InChI is InChI=1S/C63H38N4O2/c1-4-15-39(16-5-1)41-29-31-43(32-30-41)62-64-61(42-19-8-3-9-20-42)65-63(66-62)51-26-13-24-50-53-38-45(34-36-57(53)68-59(50)51)46-22-12-23-48-49-25-14-28-56(60(49)69-58(46)48)67-54-27-11-10-21-47(54)52-37-44(33-35-55(52)67)40-17-6-2-7-18-40/h1-38H. The van der Waals surface area contributed by atoms with Crippen molar-refractivity contribution in [1.29, 1.82) is 0 Å². The number of hydrogen-bond donors (Lipinski definition) is 0. The molecule has 0 unspecified atom stereocenters. The Labute approximate surface area is 396 Å². The summed E-state index contributed by atoms with van der Waals surface area (Å²) in [6, 6.07) is 80.3. The van der Waals surface area contributed by atoms with Gasteiger partial charge in [-0.1, -0.05) is 188 Å². The lowest BCUT2D eigenvalue weighted by molar-refractivity contribution is 0.667. The lowest BCUT2D eigenvalue weighted by Crippen LogP contribution is -2.00. The second-order valence-corrected chi connectivity index (χ2v) is 17.5. The lowest BCUT2D eigenvalue weighted by atomic mass is 10.00. The Morgan fingerprint density at radius 1 is 0.275 bits per heavy atom. The van der Waals surface area contributed by atoms with Crippen molar-refractivity contribution in [2.45, 2.75) is 0 Å². The van der Waals surface area contributed by atoms with E-state index in [4.69, 9.17) is 23.8 Å². The summed E-state index contributed by atoms with van der Waals surface area (Å²) >= 11 is 0. The molecule has 322 valence electrons. The molecule has 0 saturated heterocycles. The summed E-state index contributed by atoms with van der Waals surface area (Å²) in [7, 11) is 0. The first kappa shape index (κ1) is 38.8. The van der Waals surface area contributed by atoms with E-state index in [2.05, 4.69) is 193 Å². The Bertz CT molecular complexity index is 4290. The Hall–Kier alpha value is -9.39. The Morgan fingerprint density at radius 3 is 1.49 bits per heavy atom. The Kier molecular flexibility index (Phi) is 8.79. The van der Waals surface area contributed by atoms with Crippen molar-refractivity contribution in [3.05, 3.63) is 231 Å². The highest BCUT2D eigenvalue weighted by molar-refractivity contribution is 6.16. The molecule has 0 spiro atoms. The van der Waals surface area contributed by atoms with Gasteiger partial charge in [-0.2, -0.15) is 0 Å². The molecular formula is C63H38N4O2. The van der Waals surface area contributed by atoms with Crippen molar-refractivity contribution in [3.8, 4) is 73.2 Å². The van der Waals surface area contributed by atoms with E-state index in [-0.39, 0.29) is 0 Å². The zero-order valence-corrected chi connectivity index (χ0v) is 37.0. The number of para-hydroxylation sites is 4. The maximum atomic E-state index is 7.10. The van der Waals surface area contributed by atoms with Crippen LogP contribution in [-0.4, -0.2) is 19.5 Å². The summed E-state index contributed by atoms with van der Waals surface area (Å²) in [5.41, 5.74) is 15.7. The molecule has 6 nitrogen and oxygen atoms in total.